The van der Waals surface area contributed by atoms with Gasteiger partial charge >= 0.3 is 0 Å². The average Bonchev–Trinajstić information content (AvgIpc) is 2.77. The molecule has 20 heavy (non-hydrogen) atoms. The maximum absolute atomic E-state index is 5.52. The zero-order chi connectivity index (χ0) is 14.1. The Kier molecular flexibility index (Phi) is 3.83. The number of aromatic nitrogens is 2. The van der Waals surface area contributed by atoms with Gasteiger partial charge in [-0.1, -0.05) is 32.3 Å². The number of hydrogen-bond acceptors (Lipinski definition) is 2. The van der Waals surface area contributed by atoms with Crippen molar-refractivity contribution in [2.24, 2.45) is 11.8 Å². The van der Waals surface area contributed by atoms with Gasteiger partial charge in [-0.25, -0.2) is 0 Å². The summed E-state index contributed by atoms with van der Waals surface area (Å²) >= 11 is 5.52. The van der Waals surface area contributed by atoms with Gasteiger partial charge < -0.3 is 14.3 Å². The van der Waals surface area contributed by atoms with Crippen molar-refractivity contribution in [3.8, 4) is 5.75 Å². The van der Waals surface area contributed by atoms with E-state index in [1.807, 2.05) is 12.1 Å². The molecule has 0 bridgehead atoms. The van der Waals surface area contributed by atoms with Crippen molar-refractivity contribution in [1.29, 1.82) is 0 Å². The summed E-state index contributed by atoms with van der Waals surface area (Å²) in [4.78, 5) is 3.30. The van der Waals surface area contributed by atoms with Crippen LogP contribution in [0.3, 0.4) is 0 Å². The molecular weight excluding hydrogens is 268 g/mol. The summed E-state index contributed by atoms with van der Waals surface area (Å²) in [6.45, 7) is 3.40. The quantitative estimate of drug-likeness (QED) is 0.841. The standard InChI is InChI=1S/C16H22N2OS/c1-11-6-3-4-7-12(11)10-18-13-8-5-9-14(19-2)15(13)17-16(18)20/h5,8-9,11-12H,3-4,6-7,10H2,1-2H3,(H,17,20). The van der Waals surface area contributed by atoms with E-state index in [0.29, 0.717) is 0 Å². The summed E-state index contributed by atoms with van der Waals surface area (Å²) in [6, 6.07) is 6.13. The van der Waals surface area contributed by atoms with E-state index in [0.717, 1.165) is 39.9 Å². The molecule has 1 N–H and O–H groups in total. The van der Waals surface area contributed by atoms with Gasteiger partial charge in [0, 0.05) is 6.54 Å². The van der Waals surface area contributed by atoms with E-state index in [2.05, 4.69) is 22.5 Å². The summed E-state index contributed by atoms with van der Waals surface area (Å²) in [6.07, 6.45) is 5.40. The Morgan fingerprint density at radius 2 is 2.15 bits per heavy atom. The first-order valence-corrected chi connectivity index (χ1v) is 7.87. The third kappa shape index (κ3) is 2.37. The average molecular weight is 290 g/mol. The first-order chi connectivity index (χ1) is 9.70. The second kappa shape index (κ2) is 5.60. The summed E-state index contributed by atoms with van der Waals surface area (Å²) in [5.74, 6) is 2.39. The van der Waals surface area contributed by atoms with E-state index in [1.165, 1.54) is 25.7 Å². The zero-order valence-electron chi connectivity index (χ0n) is 12.2. The monoisotopic (exact) mass is 290 g/mol. The Morgan fingerprint density at radius 1 is 1.35 bits per heavy atom. The lowest BCUT2D eigenvalue weighted by molar-refractivity contribution is 0.230. The van der Waals surface area contributed by atoms with Crippen LogP contribution in [0.2, 0.25) is 0 Å². The number of imidazole rings is 1. The number of methoxy groups -OCH3 is 1. The van der Waals surface area contributed by atoms with Crippen LogP contribution in [-0.2, 0) is 6.54 Å². The summed E-state index contributed by atoms with van der Waals surface area (Å²) in [5, 5.41) is 0. The van der Waals surface area contributed by atoms with Gasteiger partial charge in [-0.15, -0.1) is 0 Å². The predicted octanol–water partition coefficient (Wildman–Crippen LogP) is 4.53. The number of ether oxygens (including phenoxy) is 1. The number of H-pyrrole nitrogens is 1. The first kappa shape index (κ1) is 13.7. The van der Waals surface area contributed by atoms with Gasteiger partial charge in [-0.3, -0.25) is 0 Å². The molecule has 2 unspecified atom stereocenters. The smallest absolute Gasteiger partial charge is 0.178 e. The second-order valence-electron chi connectivity index (χ2n) is 5.92. The number of fused-ring (bicyclic) bond motifs is 1. The highest BCUT2D eigenvalue weighted by atomic mass is 32.1. The number of nitrogens with zero attached hydrogens (tertiary/aromatic N) is 1. The van der Waals surface area contributed by atoms with Crippen LogP contribution in [0.15, 0.2) is 18.2 Å². The number of benzene rings is 1. The molecule has 1 aromatic carbocycles. The van der Waals surface area contributed by atoms with Crippen molar-refractivity contribution >= 4 is 23.3 Å². The fourth-order valence-corrected chi connectivity index (χ4v) is 3.68. The minimum atomic E-state index is 0.737. The van der Waals surface area contributed by atoms with Gasteiger partial charge in [-0.05, 0) is 42.6 Å². The lowest BCUT2D eigenvalue weighted by Crippen LogP contribution is -2.22. The molecule has 0 radical (unpaired) electrons. The SMILES string of the molecule is COc1cccc2c1[nH]c(=S)n2CC1CCCCC1C. The van der Waals surface area contributed by atoms with Crippen LogP contribution >= 0.6 is 12.2 Å². The number of aromatic amines is 1. The van der Waals surface area contributed by atoms with E-state index in [4.69, 9.17) is 17.0 Å². The molecule has 2 aromatic rings. The molecule has 0 amide bonds. The van der Waals surface area contributed by atoms with Crippen molar-refractivity contribution in [2.75, 3.05) is 7.11 Å². The second-order valence-corrected chi connectivity index (χ2v) is 6.30. The topological polar surface area (TPSA) is 29.9 Å². The molecule has 3 nitrogen and oxygen atoms in total. The molecule has 0 spiro atoms. The van der Waals surface area contributed by atoms with Crippen LogP contribution in [0.25, 0.3) is 11.0 Å². The van der Waals surface area contributed by atoms with Crippen molar-refractivity contribution in [3.05, 3.63) is 23.0 Å². The number of hydrogen-bond donors (Lipinski definition) is 1. The molecule has 2 atom stereocenters. The maximum atomic E-state index is 5.52. The van der Waals surface area contributed by atoms with E-state index < -0.39 is 0 Å². The van der Waals surface area contributed by atoms with Crippen LogP contribution < -0.4 is 4.74 Å². The normalized spacial score (nSPS) is 23.1. The largest absolute Gasteiger partial charge is 0.494 e. The number of rotatable bonds is 3. The maximum Gasteiger partial charge on any atom is 0.178 e. The Bertz CT molecular complexity index is 658. The molecule has 3 rings (SSSR count). The molecule has 1 fully saturated rings. The summed E-state index contributed by atoms with van der Waals surface area (Å²) in [5.41, 5.74) is 2.18. The van der Waals surface area contributed by atoms with Gasteiger partial charge in [0.05, 0.1) is 12.6 Å². The highest BCUT2D eigenvalue weighted by Crippen LogP contribution is 2.32. The molecular formula is C16H22N2OS. The number of nitrogens with one attached hydrogen (secondary N) is 1. The van der Waals surface area contributed by atoms with Crippen LogP contribution in [0.4, 0.5) is 0 Å². The highest BCUT2D eigenvalue weighted by molar-refractivity contribution is 7.71. The molecule has 0 saturated heterocycles. The van der Waals surface area contributed by atoms with Gasteiger partial charge in [-0.2, -0.15) is 0 Å². The number of para-hydroxylation sites is 1. The van der Waals surface area contributed by atoms with Crippen LogP contribution in [-0.4, -0.2) is 16.7 Å². The van der Waals surface area contributed by atoms with Crippen molar-refractivity contribution < 1.29 is 4.74 Å². The van der Waals surface area contributed by atoms with Gasteiger partial charge in [0.15, 0.2) is 4.77 Å². The highest BCUT2D eigenvalue weighted by Gasteiger charge is 2.22. The van der Waals surface area contributed by atoms with E-state index in [-0.39, 0.29) is 0 Å². The molecule has 1 aliphatic rings. The van der Waals surface area contributed by atoms with Crippen molar-refractivity contribution in [1.82, 2.24) is 9.55 Å². The minimum absolute atomic E-state index is 0.737. The molecule has 108 valence electrons. The summed E-state index contributed by atoms with van der Waals surface area (Å²) in [7, 11) is 1.70. The Balaban J connectivity index is 1.99. The fourth-order valence-electron chi connectivity index (χ4n) is 3.40. The van der Waals surface area contributed by atoms with Gasteiger partial charge in [0.2, 0.25) is 0 Å². The lowest BCUT2D eigenvalue weighted by Gasteiger charge is -2.29. The van der Waals surface area contributed by atoms with Gasteiger partial charge in [0.1, 0.15) is 11.3 Å². The van der Waals surface area contributed by atoms with E-state index >= 15 is 0 Å². The lowest BCUT2D eigenvalue weighted by atomic mass is 9.80. The molecule has 1 heterocycles. The Labute approximate surface area is 125 Å². The fraction of sp³-hybridized carbons (Fsp3) is 0.562. The van der Waals surface area contributed by atoms with Gasteiger partial charge in [0.25, 0.3) is 0 Å². The molecule has 4 heteroatoms. The first-order valence-electron chi connectivity index (χ1n) is 7.46. The molecule has 0 aliphatic heterocycles. The molecule has 1 aromatic heterocycles. The molecule has 1 saturated carbocycles. The Hall–Kier alpha value is -1.29. The van der Waals surface area contributed by atoms with E-state index in [1.54, 1.807) is 7.11 Å². The Morgan fingerprint density at radius 3 is 2.90 bits per heavy atom. The van der Waals surface area contributed by atoms with Crippen LogP contribution in [0, 0.1) is 16.6 Å². The van der Waals surface area contributed by atoms with Crippen LogP contribution in [0.5, 0.6) is 5.75 Å². The van der Waals surface area contributed by atoms with Crippen molar-refractivity contribution in [3.63, 3.8) is 0 Å². The predicted molar refractivity (Wildman–Crippen MR) is 84.8 cm³/mol. The molecule has 1 aliphatic carbocycles. The zero-order valence-corrected chi connectivity index (χ0v) is 13.0. The van der Waals surface area contributed by atoms with Crippen LogP contribution in [0.1, 0.15) is 32.6 Å². The third-order valence-corrected chi connectivity index (χ3v) is 5.02. The van der Waals surface area contributed by atoms with E-state index in [9.17, 15) is 0 Å². The third-order valence-electron chi connectivity index (χ3n) is 4.70. The minimum Gasteiger partial charge on any atom is -0.494 e. The summed E-state index contributed by atoms with van der Waals surface area (Å²) < 4.78 is 8.47. The van der Waals surface area contributed by atoms with Crippen molar-refractivity contribution in [2.45, 2.75) is 39.2 Å².